The average Bonchev–Trinajstić information content (AvgIpc) is 3.23. The molecule has 0 aliphatic heterocycles. The summed E-state index contributed by atoms with van der Waals surface area (Å²) in [6.07, 6.45) is 54.3. The molecule has 0 fully saturated rings. The van der Waals surface area contributed by atoms with Gasteiger partial charge in [0.25, 0.3) is 0 Å². The molecule has 0 aromatic carbocycles. The van der Waals surface area contributed by atoms with Crippen LogP contribution < -0.4 is 0 Å². The van der Waals surface area contributed by atoms with Crippen molar-refractivity contribution in [1.82, 2.24) is 0 Å². The van der Waals surface area contributed by atoms with E-state index in [1.165, 1.54) is 116 Å². The molecule has 0 spiro atoms. The van der Waals surface area contributed by atoms with E-state index in [4.69, 9.17) is 18.5 Å². The van der Waals surface area contributed by atoms with Crippen LogP contribution in [-0.2, 0) is 32.7 Å². The Bertz CT molecular complexity index is 1240. The molecule has 62 heavy (non-hydrogen) atoms. The summed E-state index contributed by atoms with van der Waals surface area (Å²) >= 11 is 0. The Balaban J connectivity index is 4.31. The molecule has 9 nitrogen and oxygen atoms in total. The topological polar surface area (TPSA) is 108 Å². The van der Waals surface area contributed by atoms with Gasteiger partial charge in [0, 0.05) is 12.8 Å². The molecule has 0 saturated carbocycles. The van der Waals surface area contributed by atoms with Crippen molar-refractivity contribution < 1.29 is 42.1 Å². The number of quaternary nitrogens is 1. The van der Waals surface area contributed by atoms with Gasteiger partial charge in [-0.1, -0.05) is 203 Å². The highest BCUT2D eigenvalue weighted by Crippen LogP contribution is 2.43. The Morgan fingerprint density at radius 1 is 0.516 bits per heavy atom. The van der Waals surface area contributed by atoms with E-state index in [0.717, 1.165) is 51.4 Å². The highest BCUT2D eigenvalue weighted by Gasteiger charge is 2.27. The molecule has 0 amide bonds. The van der Waals surface area contributed by atoms with Crippen molar-refractivity contribution in [2.75, 3.05) is 47.5 Å². The summed E-state index contributed by atoms with van der Waals surface area (Å²) in [5.74, 6) is -0.862. The summed E-state index contributed by atoms with van der Waals surface area (Å²) in [7, 11) is 1.44. The molecule has 0 heterocycles. The Kier molecular flexibility index (Phi) is 42.3. The van der Waals surface area contributed by atoms with Gasteiger partial charge in [-0.3, -0.25) is 18.6 Å². The monoisotopic (exact) mass is 893 g/mol. The number of rotatable bonds is 45. The molecule has 10 heteroatoms. The number of ether oxygens (including phenoxy) is 2. The van der Waals surface area contributed by atoms with Crippen LogP contribution in [-0.4, -0.2) is 74.9 Å². The van der Waals surface area contributed by atoms with Crippen LogP contribution in [0.15, 0.2) is 60.8 Å². The lowest BCUT2D eigenvalue weighted by Gasteiger charge is -2.24. The summed E-state index contributed by atoms with van der Waals surface area (Å²) in [5, 5.41) is 0. The van der Waals surface area contributed by atoms with Gasteiger partial charge in [0.2, 0.25) is 0 Å². The van der Waals surface area contributed by atoms with Crippen LogP contribution in [0.2, 0.25) is 0 Å². The zero-order valence-corrected chi connectivity index (χ0v) is 41.5. The Labute approximate surface area is 381 Å². The maximum absolute atomic E-state index is 12.7. The van der Waals surface area contributed by atoms with Crippen molar-refractivity contribution in [3.63, 3.8) is 0 Å². The summed E-state index contributed by atoms with van der Waals surface area (Å²) in [5.41, 5.74) is 0. The average molecular weight is 893 g/mol. The SMILES string of the molecule is CC/C=C\C/C=C\C/C=C\C/C=C\C/C=C\CCCC(=O)OC(COC(=O)CCCCCCCCCCCCCCCCCCCCCCC)COP(=O)(O)OCC[N+](C)(C)C. The molecular formula is C52H95NO8P+. The van der Waals surface area contributed by atoms with Crippen molar-refractivity contribution in [1.29, 1.82) is 0 Å². The predicted octanol–water partition coefficient (Wildman–Crippen LogP) is 14.8. The number of esters is 2. The number of phosphoric acid groups is 1. The minimum atomic E-state index is -4.40. The van der Waals surface area contributed by atoms with E-state index in [0.29, 0.717) is 23.9 Å². The van der Waals surface area contributed by atoms with E-state index >= 15 is 0 Å². The minimum Gasteiger partial charge on any atom is -0.462 e. The summed E-state index contributed by atoms with van der Waals surface area (Å²) < 4.78 is 34.3. The third kappa shape index (κ3) is 47.2. The van der Waals surface area contributed by atoms with Crippen LogP contribution in [0, 0.1) is 0 Å². The van der Waals surface area contributed by atoms with Crippen LogP contribution in [0.4, 0.5) is 0 Å². The highest BCUT2D eigenvalue weighted by atomic mass is 31.2. The second-order valence-electron chi connectivity index (χ2n) is 17.8. The van der Waals surface area contributed by atoms with Gasteiger partial charge < -0.3 is 18.9 Å². The lowest BCUT2D eigenvalue weighted by Crippen LogP contribution is -2.37. The largest absolute Gasteiger partial charge is 0.472 e. The molecule has 0 aromatic heterocycles. The molecule has 0 radical (unpaired) electrons. The van der Waals surface area contributed by atoms with Crippen LogP contribution in [0.1, 0.15) is 206 Å². The second kappa shape index (κ2) is 43.9. The summed E-state index contributed by atoms with van der Waals surface area (Å²) in [4.78, 5) is 35.5. The number of nitrogens with zero attached hydrogens (tertiary/aromatic N) is 1. The maximum atomic E-state index is 12.7. The Hall–Kier alpha value is -2.29. The number of phosphoric ester groups is 1. The van der Waals surface area contributed by atoms with Crippen molar-refractivity contribution in [3.8, 4) is 0 Å². The third-order valence-electron chi connectivity index (χ3n) is 10.6. The number of allylic oxidation sites excluding steroid dienone is 10. The van der Waals surface area contributed by atoms with Crippen LogP contribution in [0.25, 0.3) is 0 Å². The molecule has 0 aromatic rings. The second-order valence-corrected chi connectivity index (χ2v) is 19.3. The molecule has 2 atom stereocenters. The molecular weight excluding hydrogens is 798 g/mol. The zero-order valence-electron chi connectivity index (χ0n) is 40.6. The first-order valence-corrected chi connectivity index (χ1v) is 26.5. The third-order valence-corrected chi connectivity index (χ3v) is 11.5. The lowest BCUT2D eigenvalue weighted by molar-refractivity contribution is -0.870. The maximum Gasteiger partial charge on any atom is 0.472 e. The van der Waals surface area contributed by atoms with Crippen molar-refractivity contribution in [2.24, 2.45) is 0 Å². The fourth-order valence-electron chi connectivity index (χ4n) is 6.70. The molecule has 0 saturated heterocycles. The molecule has 0 aliphatic rings. The van der Waals surface area contributed by atoms with E-state index in [2.05, 4.69) is 68.5 Å². The van der Waals surface area contributed by atoms with Gasteiger partial charge in [0.1, 0.15) is 19.8 Å². The van der Waals surface area contributed by atoms with Crippen LogP contribution in [0.5, 0.6) is 0 Å². The Morgan fingerprint density at radius 3 is 1.35 bits per heavy atom. The standard InChI is InChI=1S/C52H94NO8P/c1-6-8-10-12-14-16-18-20-22-24-25-26-27-29-30-32-34-36-38-40-42-44-51(54)58-48-50(49-60-62(56,57)59-47-46-53(3,4)5)61-52(55)45-43-41-39-37-35-33-31-28-23-21-19-17-15-13-11-9-7-2/h9,11,15,17,21,23,31,33,37,39,50H,6-8,10,12-14,16,18-20,22,24-30,32,34-36,38,40-49H2,1-5H3/p+1/b11-9-,17-15-,23-21-,33-31-,39-37-. The number of unbranched alkanes of at least 4 members (excludes halogenated alkanes) is 21. The fourth-order valence-corrected chi connectivity index (χ4v) is 7.44. The van der Waals surface area contributed by atoms with Crippen LogP contribution in [0.3, 0.4) is 0 Å². The van der Waals surface area contributed by atoms with E-state index in [9.17, 15) is 19.0 Å². The van der Waals surface area contributed by atoms with Crippen molar-refractivity contribution in [2.45, 2.75) is 213 Å². The van der Waals surface area contributed by atoms with Crippen LogP contribution >= 0.6 is 7.82 Å². The summed E-state index contributed by atoms with van der Waals surface area (Å²) in [6.45, 7) is 4.26. The molecule has 0 bridgehead atoms. The first-order valence-electron chi connectivity index (χ1n) is 25.0. The lowest BCUT2D eigenvalue weighted by atomic mass is 10.0. The van der Waals surface area contributed by atoms with E-state index in [1.807, 2.05) is 27.2 Å². The normalized spacial score (nSPS) is 14.0. The number of hydrogen-bond acceptors (Lipinski definition) is 7. The number of carbonyl (C=O) groups excluding carboxylic acids is 2. The van der Waals surface area contributed by atoms with E-state index < -0.39 is 26.5 Å². The molecule has 0 rings (SSSR count). The van der Waals surface area contributed by atoms with Gasteiger partial charge in [0.15, 0.2) is 6.10 Å². The van der Waals surface area contributed by atoms with Crippen molar-refractivity contribution >= 4 is 19.8 Å². The first kappa shape index (κ1) is 59.7. The highest BCUT2D eigenvalue weighted by molar-refractivity contribution is 7.47. The van der Waals surface area contributed by atoms with Crippen molar-refractivity contribution in [3.05, 3.63) is 60.8 Å². The van der Waals surface area contributed by atoms with Gasteiger partial charge >= 0.3 is 19.8 Å². The quantitative estimate of drug-likeness (QED) is 0.0212. The molecule has 2 unspecified atom stereocenters. The van der Waals surface area contributed by atoms with E-state index in [1.54, 1.807) is 0 Å². The van der Waals surface area contributed by atoms with Gasteiger partial charge in [0.05, 0.1) is 27.7 Å². The number of carbonyl (C=O) groups is 2. The number of likely N-dealkylation sites (N-methyl/N-ethyl adjacent to an activating group) is 1. The fraction of sp³-hybridized carbons (Fsp3) is 0.769. The van der Waals surface area contributed by atoms with E-state index in [-0.39, 0.29) is 32.0 Å². The predicted molar refractivity (Wildman–Crippen MR) is 261 cm³/mol. The summed E-state index contributed by atoms with van der Waals surface area (Å²) in [6, 6.07) is 0. The number of hydrogen-bond donors (Lipinski definition) is 1. The van der Waals surface area contributed by atoms with Gasteiger partial charge in [-0.25, -0.2) is 4.57 Å². The zero-order chi connectivity index (χ0) is 45.7. The molecule has 1 N–H and O–H groups in total. The van der Waals surface area contributed by atoms with Gasteiger partial charge in [-0.15, -0.1) is 0 Å². The van der Waals surface area contributed by atoms with Gasteiger partial charge in [-0.05, 0) is 51.4 Å². The first-order chi connectivity index (χ1) is 30.0. The molecule has 360 valence electrons. The Morgan fingerprint density at radius 2 is 0.919 bits per heavy atom. The smallest absolute Gasteiger partial charge is 0.462 e. The van der Waals surface area contributed by atoms with Gasteiger partial charge in [-0.2, -0.15) is 0 Å². The minimum absolute atomic E-state index is 0.0199. The molecule has 0 aliphatic carbocycles.